The van der Waals surface area contributed by atoms with Crippen LogP contribution >= 0.6 is 21.7 Å². The highest BCUT2D eigenvalue weighted by atomic mass is 32.4. The van der Waals surface area contributed by atoms with E-state index in [-0.39, 0.29) is 0 Å². The van der Waals surface area contributed by atoms with Gasteiger partial charge in [0.15, 0.2) is 17.3 Å². The topological polar surface area (TPSA) is 115 Å². The number of aliphatic hydroxyl groups excluding tert-OH is 1. The van der Waals surface area contributed by atoms with E-state index in [0.717, 1.165) is 16.9 Å². The number of ether oxygens (including phenoxy) is 1. The van der Waals surface area contributed by atoms with Gasteiger partial charge in [-0.3, -0.25) is 13.6 Å². The Hall–Kier alpha value is -2.85. The molecule has 0 saturated carbocycles. The number of rotatable bonds is 15. The Labute approximate surface area is 257 Å². The third-order valence-electron chi connectivity index (χ3n) is 5.57. The highest BCUT2D eigenvalue weighted by molar-refractivity contribution is 8.02. The zero-order chi connectivity index (χ0) is 30.7. The van der Waals surface area contributed by atoms with Crippen LogP contribution in [-0.2, 0) is 37.2 Å². The van der Waals surface area contributed by atoms with Crippen molar-refractivity contribution in [2.75, 3.05) is 35.4 Å². The van der Waals surface area contributed by atoms with Crippen LogP contribution in [0.3, 0.4) is 0 Å². The molecule has 3 aromatic rings. The maximum absolute atomic E-state index is 12.4. The summed E-state index contributed by atoms with van der Waals surface area (Å²) in [4.78, 5) is 0. The van der Waals surface area contributed by atoms with Crippen molar-refractivity contribution in [1.82, 2.24) is 9.56 Å². The minimum Gasteiger partial charge on any atom is -0.497 e. The largest absolute Gasteiger partial charge is 0.540 e. The van der Waals surface area contributed by atoms with Crippen molar-refractivity contribution in [3.8, 4) is 17.2 Å². The minimum atomic E-state index is -3.67. The van der Waals surface area contributed by atoms with Crippen molar-refractivity contribution in [2.45, 2.75) is 5.85 Å². The first kappa shape index (κ1) is 33.6. The fourth-order valence-corrected chi connectivity index (χ4v) is 6.11. The lowest BCUT2D eigenvalue weighted by Crippen LogP contribution is -2.04. The summed E-state index contributed by atoms with van der Waals surface area (Å²) in [5, 5.41) is 19.1. The average molecular weight is 669 g/mol. The monoisotopic (exact) mass is 668 g/mol. The van der Waals surface area contributed by atoms with Gasteiger partial charge in [-0.2, -0.15) is 0 Å². The fourth-order valence-electron chi connectivity index (χ4n) is 3.15. The minimum absolute atomic E-state index is 0.360. The molecule has 0 spiro atoms. The van der Waals surface area contributed by atoms with Gasteiger partial charge in [-0.25, -0.2) is 0 Å². The molecule has 42 heavy (non-hydrogen) atoms. The van der Waals surface area contributed by atoms with Crippen LogP contribution in [0, 0.1) is 0 Å². The molecule has 0 heterocycles. The molecule has 0 aliphatic carbocycles. The predicted molar refractivity (Wildman–Crippen MR) is 173 cm³/mol. The highest BCUT2D eigenvalue weighted by Gasteiger charge is 2.34. The summed E-state index contributed by atoms with van der Waals surface area (Å²) in [5.41, 5.74) is 2.10. The smallest absolute Gasteiger partial charge is 0.497 e. The van der Waals surface area contributed by atoms with Gasteiger partial charge in [-0.15, -0.1) is 10.2 Å². The molecule has 16 heteroatoms. The fraction of sp³-hybridized carbons (Fsp3) is 0.231. The Morgan fingerprint density at radius 3 is 1.50 bits per heavy atom. The first-order chi connectivity index (χ1) is 20.1. The van der Waals surface area contributed by atoms with Crippen LogP contribution in [0.4, 0.5) is 0 Å². The van der Waals surface area contributed by atoms with Crippen LogP contribution in [0.25, 0.3) is 0 Å². The number of methoxy groups -OCH3 is 1. The lowest BCUT2D eigenvalue weighted by molar-refractivity contribution is 0.176. The van der Waals surface area contributed by atoms with Crippen molar-refractivity contribution < 1.29 is 32.5 Å². The zero-order valence-corrected chi connectivity index (χ0v) is 27.8. The van der Waals surface area contributed by atoms with Crippen LogP contribution in [0.15, 0.2) is 83.0 Å². The Morgan fingerprint density at radius 1 is 0.738 bits per heavy atom. The maximum Gasteiger partial charge on any atom is 0.540 e. The number of aliphatic hydroxyl groups is 1. The Balaban J connectivity index is 1.50. The first-order valence-corrected chi connectivity index (χ1v) is 18.2. The average Bonchev–Trinajstić information content (AvgIpc) is 3.02. The van der Waals surface area contributed by atoms with Crippen molar-refractivity contribution in [3.63, 3.8) is 0 Å². The van der Waals surface area contributed by atoms with Crippen LogP contribution < -0.4 is 13.8 Å². The standard InChI is InChI=1S/C26H31N4O7P3S2/c1-29(27-18-20-6-12-23(33-3)13-7-20)38(41)36-24-14-8-21(9-15-24)19-28-30(2)39(42)37-25-16-10-22(11-17-25)26(31)40(32,34-4)35-5/h6-19,26,31H,1-5H3/q+2/b27-18+,28-19+. The Kier molecular flexibility index (Phi) is 12.9. The van der Waals surface area contributed by atoms with E-state index >= 15 is 0 Å². The summed E-state index contributed by atoms with van der Waals surface area (Å²) < 4.78 is 42.1. The molecule has 1 N–H and O–H groups in total. The molecule has 11 nitrogen and oxygen atoms in total. The molecule has 222 valence electrons. The van der Waals surface area contributed by atoms with Gasteiger partial charge in [0, 0.05) is 14.2 Å². The second-order valence-corrected chi connectivity index (χ2v) is 15.0. The molecule has 0 saturated heterocycles. The molecule has 0 aliphatic heterocycles. The second-order valence-electron chi connectivity index (χ2n) is 8.32. The summed E-state index contributed by atoms with van der Waals surface area (Å²) >= 11 is 11.0. The quantitative estimate of drug-likeness (QED) is 0.110. The number of hydrogen-bond donors (Lipinski definition) is 1. The van der Waals surface area contributed by atoms with E-state index in [1.807, 2.05) is 36.4 Å². The van der Waals surface area contributed by atoms with Gasteiger partial charge in [-0.05, 0) is 77.4 Å². The van der Waals surface area contributed by atoms with Gasteiger partial charge in [0.05, 0.1) is 33.6 Å². The number of hydrogen-bond acceptors (Lipinski definition) is 11. The van der Waals surface area contributed by atoms with Crippen LogP contribution in [0.1, 0.15) is 22.5 Å². The molecule has 0 bridgehead atoms. The summed E-state index contributed by atoms with van der Waals surface area (Å²) in [5.74, 6) is 0.438. The summed E-state index contributed by atoms with van der Waals surface area (Å²) in [6.45, 7) is 0. The van der Waals surface area contributed by atoms with Crippen molar-refractivity contribution >= 4 is 57.8 Å². The highest BCUT2D eigenvalue weighted by Crippen LogP contribution is 2.58. The third kappa shape index (κ3) is 9.59. The molecule has 0 fully saturated rings. The van der Waals surface area contributed by atoms with E-state index in [9.17, 15) is 9.67 Å². The van der Waals surface area contributed by atoms with E-state index in [1.54, 1.807) is 79.6 Å². The van der Waals surface area contributed by atoms with Gasteiger partial charge in [0.1, 0.15) is 5.75 Å². The van der Waals surface area contributed by atoms with Gasteiger partial charge in [-0.1, -0.05) is 21.7 Å². The molecular weight excluding hydrogens is 637 g/mol. The van der Waals surface area contributed by atoms with E-state index in [1.165, 1.54) is 14.2 Å². The maximum atomic E-state index is 12.4. The lowest BCUT2D eigenvalue weighted by atomic mass is 10.2. The first-order valence-electron chi connectivity index (χ1n) is 12.2. The molecule has 0 aliphatic rings. The number of hydrazone groups is 2. The van der Waals surface area contributed by atoms with Gasteiger partial charge < -0.3 is 18.9 Å². The van der Waals surface area contributed by atoms with Gasteiger partial charge in [0.25, 0.3) is 0 Å². The molecule has 3 aromatic carbocycles. The molecule has 3 atom stereocenters. The Bertz CT molecular complexity index is 1450. The molecular formula is C26H31N4O7P3S2+2. The van der Waals surface area contributed by atoms with Gasteiger partial charge >= 0.3 is 21.7 Å². The van der Waals surface area contributed by atoms with Crippen LogP contribution in [0.2, 0.25) is 0 Å². The molecule has 0 aromatic heterocycles. The summed E-state index contributed by atoms with van der Waals surface area (Å²) in [6.07, 6.45) is 3.37. The number of nitrogens with zero attached hydrogens (tertiary/aromatic N) is 4. The molecule has 0 radical (unpaired) electrons. The predicted octanol–water partition coefficient (Wildman–Crippen LogP) is 6.41. The van der Waals surface area contributed by atoms with Crippen molar-refractivity contribution in [1.29, 1.82) is 0 Å². The zero-order valence-electron chi connectivity index (χ0n) is 23.5. The van der Waals surface area contributed by atoms with E-state index < -0.39 is 27.6 Å². The van der Waals surface area contributed by atoms with Crippen molar-refractivity contribution in [3.05, 3.63) is 89.5 Å². The summed E-state index contributed by atoms with van der Waals surface area (Å²) in [6, 6.07) is 21.2. The van der Waals surface area contributed by atoms with Gasteiger partial charge in [0.2, 0.25) is 23.6 Å². The SMILES string of the molecule is COc1ccc(/C=N/N(C)[P+](=S)Oc2ccc(/C=N/N(C)[P+](=S)Oc3ccc(C(O)P(=O)(OC)OC)cc3)cc2)cc1. The van der Waals surface area contributed by atoms with Crippen LogP contribution in [-0.4, -0.2) is 62.5 Å². The summed E-state index contributed by atoms with van der Waals surface area (Å²) in [7, 11) is 0.918. The Morgan fingerprint density at radius 2 is 1.12 bits per heavy atom. The third-order valence-corrected chi connectivity index (χ3v) is 11.2. The normalized spacial score (nSPS) is 13.1. The van der Waals surface area contributed by atoms with E-state index in [4.69, 9.17) is 46.4 Å². The second kappa shape index (κ2) is 16.1. The molecule has 0 amide bonds. The molecule has 3 rings (SSSR count). The molecule has 3 unspecified atom stereocenters. The lowest BCUT2D eigenvalue weighted by Gasteiger charge is -2.19. The van der Waals surface area contributed by atoms with E-state index in [2.05, 4.69) is 10.2 Å². The van der Waals surface area contributed by atoms with E-state index in [0.29, 0.717) is 17.1 Å². The van der Waals surface area contributed by atoms with Crippen molar-refractivity contribution in [2.24, 2.45) is 10.2 Å². The van der Waals surface area contributed by atoms with Crippen LogP contribution in [0.5, 0.6) is 17.2 Å². The number of benzene rings is 3.